The van der Waals surface area contributed by atoms with Gasteiger partial charge in [-0.15, -0.1) is 6.42 Å². The van der Waals surface area contributed by atoms with Gasteiger partial charge >= 0.3 is 0 Å². The average Bonchev–Trinajstić information content (AvgIpc) is 2.60. The summed E-state index contributed by atoms with van der Waals surface area (Å²) in [5.74, 6) is 3.31. The van der Waals surface area contributed by atoms with E-state index in [-0.39, 0.29) is 6.61 Å². The van der Waals surface area contributed by atoms with Gasteiger partial charge in [0.2, 0.25) is 0 Å². The van der Waals surface area contributed by atoms with Crippen LogP contribution in [0.4, 0.5) is 0 Å². The van der Waals surface area contributed by atoms with Gasteiger partial charge in [0.15, 0.2) is 11.5 Å². The summed E-state index contributed by atoms with van der Waals surface area (Å²) in [6.45, 7) is 4.43. The molecule has 2 rings (SSSR count). The molecule has 0 radical (unpaired) electrons. The van der Waals surface area contributed by atoms with Crippen LogP contribution in [0.5, 0.6) is 11.5 Å². The summed E-state index contributed by atoms with van der Waals surface area (Å²) in [5, 5.41) is 9.88. The molecule has 25 heavy (non-hydrogen) atoms. The van der Waals surface area contributed by atoms with Crippen molar-refractivity contribution < 1.29 is 9.47 Å². The van der Waals surface area contributed by atoms with Crippen LogP contribution in [0.15, 0.2) is 36.4 Å². The lowest BCUT2D eigenvalue weighted by atomic mass is 10.0. The van der Waals surface area contributed by atoms with Gasteiger partial charge < -0.3 is 9.47 Å². The van der Waals surface area contributed by atoms with Crippen LogP contribution < -0.4 is 9.47 Å². The molecular weight excluding hydrogens is 334 g/mol. The first-order valence-electron chi connectivity index (χ1n) is 7.80. The number of allylic oxidation sites excluding steroid dienone is 1. The molecule has 0 spiro atoms. The van der Waals surface area contributed by atoms with Crippen LogP contribution >= 0.6 is 11.6 Å². The Bertz CT molecular complexity index is 855. The fraction of sp³-hybridized carbons (Fsp3) is 0.190. The molecule has 3 nitrogen and oxygen atoms in total. The van der Waals surface area contributed by atoms with E-state index < -0.39 is 0 Å². The molecule has 0 aliphatic carbocycles. The van der Waals surface area contributed by atoms with Crippen molar-refractivity contribution in [2.24, 2.45) is 0 Å². The number of hydrogen-bond acceptors (Lipinski definition) is 3. The maximum absolute atomic E-state index is 9.49. The Kier molecular flexibility index (Phi) is 6.52. The molecule has 0 saturated heterocycles. The zero-order valence-electron chi connectivity index (χ0n) is 14.2. The third-order valence-corrected chi connectivity index (χ3v) is 3.71. The van der Waals surface area contributed by atoms with Gasteiger partial charge in [-0.3, -0.25) is 0 Å². The van der Waals surface area contributed by atoms with E-state index in [2.05, 4.69) is 12.0 Å². The van der Waals surface area contributed by atoms with Crippen LogP contribution in [0.1, 0.15) is 23.6 Å². The zero-order valence-corrected chi connectivity index (χ0v) is 14.9. The lowest BCUT2D eigenvalue weighted by Gasteiger charge is -2.13. The highest BCUT2D eigenvalue weighted by Crippen LogP contribution is 2.37. The predicted molar refractivity (Wildman–Crippen MR) is 102 cm³/mol. The fourth-order valence-electron chi connectivity index (χ4n) is 2.27. The molecule has 0 aliphatic heterocycles. The largest absolute Gasteiger partial charge is 0.490 e. The van der Waals surface area contributed by atoms with Gasteiger partial charge in [0, 0.05) is 0 Å². The maximum Gasteiger partial charge on any atom is 0.181 e. The Balaban J connectivity index is 2.45. The third-order valence-electron chi connectivity index (χ3n) is 3.43. The highest BCUT2D eigenvalue weighted by Gasteiger charge is 2.12. The van der Waals surface area contributed by atoms with Crippen molar-refractivity contribution in [2.75, 3.05) is 13.2 Å². The summed E-state index contributed by atoms with van der Waals surface area (Å²) in [6.07, 6.45) is 7.00. The number of ether oxygens (including phenoxy) is 2. The second kappa shape index (κ2) is 8.83. The zero-order chi connectivity index (χ0) is 18.2. The lowest BCUT2D eigenvalue weighted by Crippen LogP contribution is -2.00. The third kappa shape index (κ3) is 4.80. The van der Waals surface area contributed by atoms with Crippen LogP contribution in [-0.2, 0) is 0 Å². The molecule has 0 atom stereocenters. The standard InChI is InChI=1S/C21H18ClNO2/c1-4-10-25-21-19(22)12-16(13-20(21)24-5-2)11-18(14-23)17-8-6-15(3)7-9-17/h1,6-9,11-13H,5,10H2,2-3H3/b18-11-. The number of terminal acetylenes is 1. The van der Waals surface area contributed by atoms with Gasteiger partial charge in [-0.25, -0.2) is 0 Å². The normalized spacial score (nSPS) is 10.7. The van der Waals surface area contributed by atoms with Crippen LogP contribution in [0.25, 0.3) is 11.6 Å². The quantitative estimate of drug-likeness (QED) is 0.412. The lowest BCUT2D eigenvalue weighted by molar-refractivity contribution is 0.299. The van der Waals surface area contributed by atoms with Crippen molar-refractivity contribution in [1.29, 1.82) is 5.26 Å². The summed E-state index contributed by atoms with van der Waals surface area (Å²) in [7, 11) is 0. The van der Waals surface area contributed by atoms with Gasteiger partial charge in [-0.05, 0) is 43.2 Å². The first-order chi connectivity index (χ1) is 12.1. The molecule has 0 N–H and O–H groups in total. The highest BCUT2D eigenvalue weighted by atomic mass is 35.5. The van der Waals surface area contributed by atoms with Crippen molar-refractivity contribution in [2.45, 2.75) is 13.8 Å². The fourth-order valence-corrected chi connectivity index (χ4v) is 2.54. The molecular formula is C21H18ClNO2. The van der Waals surface area contributed by atoms with Gasteiger partial charge in [0.1, 0.15) is 6.61 Å². The molecule has 0 amide bonds. The van der Waals surface area contributed by atoms with E-state index >= 15 is 0 Å². The summed E-state index contributed by atoms with van der Waals surface area (Å²) in [6, 6.07) is 13.5. The second-order valence-corrected chi connectivity index (χ2v) is 5.70. The van der Waals surface area contributed by atoms with Crippen molar-refractivity contribution in [3.8, 4) is 29.9 Å². The molecule has 2 aromatic rings. The molecule has 4 heteroatoms. The van der Waals surface area contributed by atoms with Gasteiger partial charge in [-0.2, -0.15) is 5.26 Å². The molecule has 0 fully saturated rings. The van der Waals surface area contributed by atoms with E-state index in [1.807, 2.05) is 38.1 Å². The van der Waals surface area contributed by atoms with Crippen LogP contribution in [0, 0.1) is 30.6 Å². The minimum Gasteiger partial charge on any atom is -0.490 e. The second-order valence-electron chi connectivity index (χ2n) is 5.29. The Morgan fingerprint density at radius 1 is 1.24 bits per heavy atom. The van der Waals surface area contributed by atoms with E-state index in [1.54, 1.807) is 18.2 Å². The van der Waals surface area contributed by atoms with Crippen molar-refractivity contribution >= 4 is 23.3 Å². The van der Waals surface area contributed by atoms with Crippen molar-refractivity contribution in [3.05, 3.63) is 58.1 Å². The van der Waals surface area contributed by atoms with Crippen molar-refractivity contribution in [1.82, 2.24) is 0 Å². The van der Waals surface area contributed by atoms with E-state index in [9.17, 15) is 5.26 Å². The first kappa shape index (κ1) is 18.5. The molecule has 2 aromatic carbocycles. The molecule has 0 aliphatic rings. The SMILES string of the molecule is C#CCOc1c(Cl)cc(/C=C(/C#N)c2ccc(C)cc2)cc1OCC. The average molecular weight is 352 g/mol. The molecule has 0 unspecified atom stereocenters. The van der Waals surface area contributed by atoms with Gasteiger partial charge in [0.05, 0.1) is 23.3 Å². The molecule has 0 heterocycles. The minimum absolute atomic E-state index is 0.0990. The number of benzene rings is 2. The minimum atomic E-state index is 0.0990. The first-order valence-corrected chi connectivity index (χ1v) is 8.18. The number of aryl methyl sites for hydroxylation is 1. The maximum atomic E-state index is 9.49. The van der Waals surface area contributed by atoms with Gasteiger partial charge in [-0.1, -0.05) is 47.4 Å². The van der Waals surface area contributed by atoms with E-state index in [1.165, 1.54) is 0 Å². The monoisotopic (exact) mass is 351 g/mol. The van der Waals surface area contributed by atoms with Crippen LogP contribution in [-0.4, -0.2) is 13.2 Å². The van der Waals surface area contributed by atoms with Crippen LogP contribution in [0.3, 0.4) is 0 Å². The summed E-state index contributed by atoms with van der Waals surface area (Å²) in [5.41, 5.74) is 3.27. The van der Waals surface area contributed by atoms with E-state index in [4.69, 9.17) is 27.5 Å². The topological polar surface area (TPSA) is 42.2 Å². The Hall–Kier alpha value is -2.88. The van der Waals surface area contributed by atoms with Gasteiger partial charge in [0.25, 0.3) is 0 Å². The number of halogens is 1. The molecule has 0 saturated carbocycles. The summed E-state index contributed by atoms with van der Waals surface area (Å²) in [4.78, 5) is 0. The molecule has 126 valence electrons. The molecule has 0 aromatic heterocycles. The van der Waals surface area contributed by atoms with E-state index in [0.717, 1.165) is 16.7 Å². The summed E-state index contributed by atoms with van der Waals surface area (Å²) >= 11 is 6.31. The number of nitriles is 1. The predicted octanol–water partition coefficient (Wildman–Crippen LogP) is 5.12. The number of hydrogen-bond donors (Lipinski definition) is 0. The Morgan fingerprint density at radius 2 is 1.96 bits per heavy atom. The number of nitrogens with zero attached hydrogens (tertiary/aromatic N) is 1. The molecule has 0 bridgehead atoms. The van der Waals surface area contributed by atoms with Crippen LogP contribution in [0.2, 0.25) is 5.02 Å². The van der Waals surface area contributed by atoms with E-state index in [0.29, 0.717) is 28.7 Å². The summed E-state index contributed by atoms with van der Waals surface area (Å²) < 4.78 is 11.1. The van der Waals surface area contributed by atoms with Crippen molar-refractivity contribution in [3.63, 3.8) is 0 Å². The Labute approximate surface area is 153 Å². The highest BCUT2D eigenvalue weighted by molar-refractivity contribution is 6.32. The number of rotatable bonds is 6. The Morgan fingerprint density at radius 3 is 2.56 bits per heavy atom. The smallest absolute Gasteiger partial charge is 0.181 e.